The number of furan rings is 1. The van der Waals surface area contributed by atoms with Gasteiger partial charge in [-0.2, -0.15) is 0 Å². The minimum absolute atomic E-state index is 0.0295. The van der Waals surface area contributed by atoms with E-state index in [-0.39, 0.29) is 17.6 Å². The lowest BCUT2D eigenvalue weighted by Gasteiger charge is -2.22. The molecular formula is C37H31N3O4S. The van der Waals surface area contributed by atoms with Gasteiger partial charge in [-0.1, -0.05) is 66.7 Å². The third-order valence-electron chi connectivity index (χ3n) is 7.45. The molecule has 0 aliphatic carbocycles. The third kappa shape index (κ3) is 7.08. The van der Waals surface area contributed by atoms with Crippen molar-refractivity contribution in [2.75, 3.05) is 16.0 Å². The van der Waals surface area contributed by atoms with E-state index in [1.54, 1.807) is 42.5 Å². The second-order valence-electron chi connectivity index (χ2n) is 10.7. The normalized spacial score (nSPS) is 14.1. The highest BCUT2D eigenvalue weighted by molar-refractivity contribution is 8.00. The van der Waals surface area contributed by atoms with E-state index < -0.39 is 11.8 Å². The number of carbonyl (C=O) groups is 3. The van der Waals surface area contributed by atoms with Gasteiger partial charge < -0.3 is 20.0 Å². The van der Waals surface area contributed by atoms with Crippen LogP contribution >= 0.6 is 11.8 Å². The molecule has 2 N–H and O–H groups in total. The molecule has 1 atom stereocenters. The summed E-state index contributed by atoms with van der Waals surface area (Å²) in [6.07, 6.45) is 2.37. The molecule has 45 heavy (non-hydrogen) atoms. The van der Waals surface area contributed by atoms with E-state index in [2.05, 4.69) is 23.6 Å². The third-order valence-corrected chi connectivity index (χ3v) is 8.45. The Kier molecular flexibility index (Phi) is 8.94. The number of hydrogen-bond donors (Lipinski definition) is 2. The minimum Gasteiger partial charge on any atom is -0.457 e. The number of benzene rings is 4. The van der Waals surface area contributed by atoms with Gasteiger partial charge in [0.2, 0.25) is 5.91 Å². The van der Waals surface area contributed by atoms with Crippen LogP contribution in [-0.4, -0.2) is 29.5 Å². The lowest BCUT2D eigenvalue weighted by atomic mass is 10.1. The van der Waals surface area contributed by atoms with E-state index in [4.69, 9.17) is 4.42 Å². The van der Waals surface area contributed by atoms with Gasteiger partial charge in [-0.05, 0) is 73.5 Å². The molecule has 1 aliphatic rings. The number of amides is 3. The average Bonchev–Trinajstić information content (AvgIpc) is 3.68. The van der Waals surface area contributed by atoms with E-state index in [9.17, 15) is 14.4 Å². The fourth-order valence-electron chi connectivity index (χ4n) is 5.27. The van der Waals surface area contributed by atoms with Gasteiger partial charge >= 0.3 is 0 Å². The molecule has 2 heterocycles. The Hall–Kier alpha value is -5.34. The van der Waals surface area contributed by atoms with E-state index >= 15 is 0 Å². The Morgan fingerprint density at radius 2 is 1.53 bits per heavy atom. The molecule has 0 radical (unpaired) electrons. The first-order chi connectivity index (χ1) is 21.9. The molecule has 7 nitrogen and oxygen atoms in total. The zero-order valence-corrected chi connectivity index (χ0v) is 25.4. The number of carbonyl (C=O) groups excluding carboxylic acids is 3. The maximum atomic E-state index is 13.4. The Bertz CT molecular complexity index is 1850. The molecule has 4 aromatic carbocycles. The summed E-state index contributed by atoms with van der Waals surface area (Å²) >= 11 is 1.45. The number of nitrogens with one attached hydrogen (secondary N) is 2. The van der Waals surface area contributed by atoms with Crippen LogP contribution < -0.4 is 15.5 Å². The Morgan fingerprint density at radius 3 is 2.29 bits per heavy atom. The second kappa shape index (κ2) is 13.5. The molecule has 1 unspecified atom stereocenters. The quantitative estimate of drug-likeness (QED) is 0.133. The predicted octanol–water partition coefficient (Wildman–Crippen LogP) is 7.43. The lowest BCUT2D eigenvalue weighted by molar-refractivity contribution is -0.116. The van der Waals surface area contributed by atoms with Gasteiger partial charge in [0.25, 0.3) is 11.8 Å². The summed E-state index contributed by atoms with van der Waals surface area (Å²) in [6, 6.07) is 37.3. The van der Waals surface area contributed by atoms with Crippen LogP contribution in [0, 0.1) is 0 Å². The van der Waals surface area contributed by atoms with Crippen molar-refractivity contribution in [1.82, 2.24) is 5.32 Å². The maximum absolute atomic E-state index is 13.4. The standard InChI is InChI=1S/C37H31N3O4S/c1-25-22-28-14-8-9-15-33(28)40(25)35(41)24-45-31-19-16-29(17-20-31)38-37(43)32(39-36(42)27-12-6-3-7-13-27)23-30-18-21-34(44-30)26-10-4-2-5-11-26/h2-21,23,25H,22,24H2,1H3,(H,38,43)(H,39,42). The second-order valence-corrected chi connectivity index (χ2v) is 11.7. The highest BCUT2D eigenvalue weighted by Gasteiger charge is 2.30. The monoisotopic (exact) mass is 613 g/mol. The number of para-hydroxylation sites is 1. The van der Waals surface area contributed by atoms with Gasteiger partial charge in [0, 0.05) is 39.5 Å². The molecule has 8 heteroatoms. The number of rotatable bonds is 9. The zero-order chi connectivity index (χ0) is 31.2. The highest BCUT2D eigenvalue weighted by Crippen LogP contribution is 2.33. The van der Waals surface area contributed by atoms with E-state index in [1.807, 2.05) is 77.7 Å². The van der Waals surface area contributed by atoms with Crippen molar-refractivity contribution >= 4 is 46.9 Å². The van der Waals surface area contributed by atoms with Gasteiger partial charge in [0.05, 0.1) is 5.75 Å². The Balaban J connectivity index is 1.14. The molecule has 5 aromatic rings. The smallest absolute Gasteiger partial charge is 0.272 e. The SMILES string of the molecule is CC1Cc2ccccc2N1C(=O)CSc1ccc(NC(=O)C(=Cc2ccc(-c3ccccc3)o2)NC(=O)c2ccccc2)cc1. The summed E-state index contributed by atoms with van der Waals surface area (Å²) in [7, 11) is 0. The van der Waals surface area contributed by atoms with Crippen LogP contribution in [0.2, 0.25) is 0 Å². The summed E-state index contributed by atoms with van der Waals surface area (Å²) in [5.41, 5.74) is 4.08. The summed E-state index contributed by atoms with van der Waals surface area (Å²) in [4.78, 5) is 42.3. The Labute approximate surface area is 266 Å². The average molecular weight is 614 g/mol. The molecule has 1 aliphatic heterocycles. The highest BCUT2D eigenvalue weighted by atomic mass is 32.2. The molecule has 3 amide bonds. The molecule has 0 spiro atoms. The summed E-state index contributed by atoms with van der Waals surface area (Å²) < 4.78 is 5.97. The first-order valence-electron chi connectivity index (χ1n) is 14.6. The van der Waals surface area contributed by atoms with Crippen molar-refractivity contribution in [2.24, 2.45) is 0 Å². The first-order valence-corrected chi connectivity index (χ1v) is 15.6. The maximum Gasteiger partial charge on any atom is 0.272 e. The topological polar surface area (TPSA) is 91.7 Å². The van der Waals surface area contributed by atoms with Crippen LogP contribution in [0.15, 0.2) is 136 Å². The van der Waals surface area contributed by atoms with Gasteiger partial charge in [-0.15, -0.1) is 11.8 Å². The van der Waals surface area contributed by atoms with Crippen molar-refractivity contribution in [2.45, 2.75) is 24.3 Å². The van der Waals surface area contributed by atoms with Crippen LogP contribution in [0.4, 0.5) is 11.4 Å². The Morgan fingerprint density at radius 1 is 0.844 bits per heavy atom. The minimum atomic E-state index is -0.505. The van der Waals surface area contributed by atoms with E-state index in [0.29, 0.717) is 28.5 Å². The predicted molar refractivity (Wildman–Crippen MR) is 179 cm³/mol. The van der Waals surface area contributed by atoms with Gasteiger partial charge in [-0.25, -0.2) is 0 Å². The van der Waals surface area contributed by atoms with Gasteiger partial charge in [0.15, 0.2) is 0 Å². The molecule has 6 rings (SSSR count). The summed E-state index contributed by atoms with van der Waals surface area (Å²) in [5.74, 6) is 0.501. The molecule has 0 saturated heterocycles. The van der Waals surface area contributed by atoms with Gasteiger partial charge in [0.1, 0.15) is 17.2 Å². The molecule has 0 fully saturated rings. The van der Waals surface area contributed by atoms with Crippen molar-refractivity contribution in [3.8, 4) is 11.3 Å². The zero-order valence-electron chi connectivity index (χ0n) is 24.6. The molecular weight excluding hydrogens is 582 g/mol. The summed E-state index contributed by atoms with van der Waals surface area (Å²) in [6.45, 7) is 2.07. The first kappa shape index (κ1) is 29.7. The fraction of sp³-hybridized carbons (Fsp3) is 0.108. The van der Waals surface area contributed by atoms with Crippen LogP contribution in [0.1, 0.15) is 28.6 Å². The van der Waals surface area contributed by atoms with Crippen molar-refractivity contribution in [1.29, 1.82) is 0 Å². The van der Waals surface area contributed by atoms with Crippen LogP contribution in [0.5, 0.6) is 0 Å². The number of fused-ring (bicyclic) bond motifs is 1. The molecule has 224 valence electrons. The number of nitrogens with zero attached hydrogens (tertiary/aromatic N) is 1. The van der Waals surface area contributed by atoms with Crippen LogP contribution in [-0.2, 0) is 16.0 Å². The van der Waals surface area contributed by atoms with Crippen LogP contribution in [0.3, 0.4) is 0 Å². The van der Waals surface area contributed by atoms with Crippen molar-refractivity contribution < 1.29 is 18.8 Å². The lowest BCUT2D eigenvalue weighted by Crippen LogP contribution is -2.36. The van der Waals surface area contributed by atoms with E-state index in [1.165, 1.54) is 23.4 Å². The number of thioether (sulfide) groups is 1. The largest absolute Gasteiger partial charge is 0.457 e. The van der Waals surface area contributed by atoms with E-state index in [0.717, 1.165) is 22.6 Å². The fourth-order valence-corrected chi connectivity index (χ4v) is 6.02. The van der Waals surface area contributed by atoms with Gasteiger partial charge in [-0.3, -0.25) is 14.4 Å². The molecule has 0 bridgehead atoms. The molecule has 1 aromatic heterocycles. The summed E-state index contributed by atoms with van der Waals surface area (Å²) in [5, 5.41) is 5.60. The molecule has 0 saturated carbocycles. The number of anilines is 2. The van der Waals surface area contributed by atoms with Crippen molar-refractivity contribution in [3.05, 3.63) is 144 Å². The van der Waals surface area contributed by atoms with Crippen LogP contribution in [0.25, 0.3) is 17.4 Å². The number of hydrogen-bond acceptors (Lipinski definition) is 5. The van der Waals surface area contributed by atoms with Crippen molar-refractivity contribution in [3.63, 3.8) is 0 Å².